The summed E-state index contributed by atoms with van der Waals surface area (Å²) in [4.78, 5) is 26.5. The number of fused-ring (bicyclic) bond motifs is 3. The number of hydrogen-bond donors (Lipinski definition) is 2. The molecular formula is C13H14N4O4. The zero-order valence-electron chi connectivity index (χ0n) is 11.4. The Balaban J connectivity index is 2.30. The number of rotatable bonds is 2. The van der Waals surface area contributed by atoms with Crippen molar-refractivity contribution in [1.29, 1.82) is 0 Å². The lowest BCUT2D eigenvalue weighted by Crippen LogP contribution is -2.23. The number of aliphatic hydroxyl groups is 1. The number of carbonyl (C=O) groups excluding carboxylic acids is 1. The van der Waals surface area contributed by atoms with Crippen molar-refractivity contribution in [3.05, 3.63) is 33.0 Å². The van der Waals surface area contributed by atoms with Gasteiger partial charge in [0, 0.05) is 29.3 Å². The van der Waals surface area contributed by atoms with Crippen LogP contribution in [0.1, 0.15) is 51.5 Å². The molecule has 0 aromatic carbocycles. The second kappa shape index (κ2) is 4.61. The Kier molecular flexibility index (Phi) is 3.00. The van der Waals surface area contributed by atoms with Crippen molar-refractivity contribution in [3.63, 3.8) is 0 Å². The van der Waals surface area contributed by atoms with Gasteiger partial charge in [-0.2, -0.15) is 0 Å². The van der Waals surface area contributed by atoms with Gasteiger partial charge in [0.05, 0.1) is 17.2 Å². The first-order chi connectivity index (χ1) is 9.95. The van der Waals surface area contributed by atoms with E-state index in [1.165, 1.54) is 0 Å². The van der Waals surface area contributed by atoms with E-state index in [2.05, 4.69) is 10.0 Å². The smallest absolute Gasteiger partial charge is 0.338 e. The number of ketones is 1. The number of carboxylic acids is 1. The molecule has 2 N–H and O–H groups in total. The Hall–Kier alpha value is -2.31. The molecule has 0 amide bonds. The zero-order valence-corrected chi connectivity index (χ0v) is 11.4. The number of aromatic nitrogens is 1. The van der Waals surface area contributed by atoms with Crippen molar-refractivity contribution in [2.45, 2.75) is 38.5 Å². The van der Waals surface area contributed by atoms with Crippen LogP contribution in [0.4, 0.5) is 0 Å². The predicted octanol–water partition coefficient (Wildman–Crippen LogP) is 1.68. The van der Waals surface area contributed by atoms with Crippen LogP contribution in [0.15, 0.2) is 5.11 Å². The number of azide groups is 1. The zero-order chi connectivity index (χ0) is 15.3. The van der Waals surface area contributed by atoms with Gasteiger partial charge in [-0.15, -0.1) is 0 Å². The summed E-state index contributed by atoms with van der Waals surface area (Å²) in [6, 6.07) is -0.963. The van der Waals surface area contributed by atoms with Gasteiger partial charge in [0.1, 0.15) is 6.04 Å². The molecule has 3 atom stereocenters. The molecule has 0 bridgehead atoms. The molecule has 2 heterocycles. The van der Waals surface area contributed by atoms with Gasteiger partial charge in [-0.25, -0.2) is 4.79 Å². The van der Waals surface area contributed by atoms with Gasteiger partial charge >= 0.3 is 5.97 Å². The highest BCUT2D eigenvalue weighted by Crippen LogP contribution is 2.41. The van der Waals surface area contributed by atoms with Crippen LogP contribution >= 0.6 is 0 Å². The number of nitrogens with zero attached hydrogens (tertiary/aromatic N) is 4. The van der Waals surface area contributed by atoms with Crippen LogP contribution in [-0.2, 0) is 13.0 Å². The second-order valence-electron chi connectivity index (χ2n) is 5.65. The summed E-state index contributed by atoms with van der Waals surface area (Å²) in [5.74, 6) is -1.30. The van der Waals surface area contributed by atoms with Crippen LogP contribution in [0.25, 0.3) is 10.4 Å². The highest BCUT2D eigenvalue weighted by molar-refractivity contribution is 6.08. The summed E-state index contributed by atoms with van der Waals surface area (Å²) in [5, 5.41) is 23.0. The second-order valence-corrected chi connectivity index (χ2v) is 5.65. The van der Waals surface area contributed by atoms with Gasteiger partial charge in [-0.1, -0.05) is 12.0 Å². The molecule has 8 nitrogen and oxygen atoms in total. The van der Waals surface area contributed by atoms with Crippen molar-refractivity contribution in [2.24, 2.45) is 11.0 Å². The van der Waals surface area contributed by atoms with Crippen LogP contribution in [0.3, 0.4) is 0 Å². The van der Waals surface area contributed by atoms with Crippen molar-refractivity contribution in [2.75, 3.05) is 0 Å². The van der Waals surface area contributed by atoms with E-state index < -0.39 is 18.1 Å². The summed E-state index contributed by atoms with van der Waals surface area (Å²) in [5.41, 5.74) is 9.62. The molecule has 2 aliphatic rings. The van der Waals surface area contributed by atoms with E-state index in [0.717, 1.165) is 0 Å². The molecule has 1 aliphatic heterocycles. The van der Waals surface area contributed by atoms with Crippen LogP contribution in [0.5, 0.6) is 0 Å². The minimum absolute atomic E-state index is 0.115. The van der Waals surface area contributed by atoms with E-state index in [0.29, 0.717) is 18.5 Å². The number of Topliss-reactive ketones (excluding diaryl/α,β-unsaturated/α-hetero) is 1. The van der Waals surface area contributed by atoms with Gasteiger partial charge in [0.15, 0.2) is 5.78 Å². The highest BCUT2D eigenvalue weighted by Gasteiger charge is 2.43. The quantitative estimate of drug-likeness (QED) is 0.487. The van der Waals surface area contributed by atoms with Gasteiger partial charge in [-0.05, 0) is 17.9 Å². The van der Waals surface area contributed by atoms with Crippen molar-refractivity contribution < 1.29 is 19.8 Å². The highest BCUT2D eigenvalue weighted by atomic mass is 16.4. The molecule has 1 unspecified atom stereocenters. The summed E-state index contributed by atoms with van der Waals surface area (Å²) >= 11 is 0. The molecule has 0 fully saturated rings. The third-order valence-corrected chi connectivity index (χ3v) is 4.17. The SMILES string of the molecule is CC1CC(=O)c2c(C(=O)O)c3n(c2C1)C[C@@H](O)[C@@H]3N=[N+]=[N-]. The number of hydrogen-bond acceptors (Lipinski definition) is 4. The van der Waals surface area contributed by atoms with Gasteiger partial charge < -0.3 is 14.8 Å². The Morgan fingerprint density at radius 1 is 1.48 bits per heavy atom. The van der Waals surface area contributed by atoms with Crippen molar-refractivity contribution in [1.82, 2.24) is 4.57 Å². The van der Waals surface area contributed by atoms with E-state index >= 15 is 0 Å². The molecule has 3 rings (SSSR count). The lowest BCUT2D eigenvalue weighted by molar-refractivity contribution is 0.0688. The summed E-state index contributed by atoms with van der Waals surface area (Å²) in [7, 11) is 0. The lowest BCUT2D eigenvalue weighted by Gasteiger charge is -2.20. The van der Waals surface area contributed by atoms with E-state index in [1.54, 1.807) is 4.57 Å². The molecule has 0 saturated heterocycles. The minimum Gasteiger partial charge on any atom is -0.478 e. The third kappa shape index (κ3) is 1.84. The molecule has 0 saturated carbocycles. The maximum atomic E-state index is 12.2. The Bertz CT molecular complexity index is 702. The van der Waals surface area contributed by atoms with Gasteiger partial charge in [0.2, 0.25) is 0 Å². The summed E-state index contributed by atoms with van der Waals surface area (Å²) < 4.78 is 1.65. The Labute approximate surface area is 119 Å². The van der Waals surface area contributed by atoms with Crippen molar-refractivity contribution >= 4 is 11.8 Å². The van der Waals surface area contributed by atoms with Gasteiger partial charge in [0.25, 0.3) is 0 Å². The van der Waals surface area contributed by atoms with E-state index in [1.807, 2.05) is 6.92 Å². The van der Waals surface area contributed by atoms with Crippen LogP contribution in [0.2, 0.25) is 0 Å². The fourth-order valence-corrected chi connectivity index (χ4v) is 3.41. The maximum Gasteiger partial charge on any atom is 0.338 e. The summed E-state index contributed by atoms with van der Waals surface area (Å²) in [6.45, 7) is 2.08. The number of carbonyl (C=O) groups is 2. The van der Waals surface area contributed by atoms with Crippen LogP contribution in [-0.4, -0.2) is 32.6 Å². The average Bonchev–Trinajstić information content (AvgIpc) is 2.86. The molecule has 1 aromatic heterocycles. The monoisotopic (exact) mass is 290 g/mol. The first kappa shape index (κ1) is 13.7. The topological polar surface area (TPSA) is 128 Å². The number of carboxylic acid groups (broad SMARTS) is 1. The van der Waals surface area contributed by atoms with E-state index in [-0.39, 0.29) is 35.1 Å². The van der Waals surface area contributed by atoms with Crippen molar-refractivity contribution in [3.8, 4) is 0 Å². The van der Waals surface area contributed by atoms with Crippen LogP contribution < -0.4 is 0 Å². The average molecular weight is 290 g/mol. The van der Waals surface area contributed by atoms with Crippen LogP contribution in [0, 0.1) is 5.92 Å². The molecule has 21 heavy (non-hydrogen) atoms. The first-order valence-electron chi connectivity index (χ1n) is 6.69. The minimum atomic E-state index is -1.23. The molecule has 1 aliphatic carbocycles. The number of aromatic carboxylic acids is 1. The largest absolute Gasteiger partial charge is 0.478 e. The Morgan fingerprint density at radius 2 is 2.19 bits per heavy atom. The van der Waals surface area contributed by atoms with E-state index in [9.17, 15) is 19.8 Å². The van der Waals surface area contributed by atoms with Gasteiger partial charge in [-0.3, -0.25) is 4.79 Å². The molecule has 8 heteroatoms. The molecular weight excluding hydrogens is 276 g/mol. The summed E-state index contributed by atoms with van der Waals surface area (Å²) in [6.07, 6.45) is -0.0747. The standard InChI is InChI=1S/C13H14N4O4/c1-5-2-6-9(7(18)3-5)10(13(20)21)12-11(15-16-14)8(19)4-17(6)12/h5,8,11,19H,2-4H2,1H3,(H,20,21)/t5?,8-,11+/m1/s1. The maximum absolute atomic E-state index is 12.2. The van der Waals surface area contributed by atoms with E-state index in [4.69, 9.17) is 5.53 Å². The lowest BCUT2D eigenvalue weighted by atomic mass is 9.85. The molecule has 110 valence electrons. The molecule has 1 aromatic rings. The number of aliphatic hydroxyl groups excluding tert-OH is 1. The predicted molar refractivity (Wildman–Crippen MR) is 71.1 cm³/mol. The Morgan fingerprint density at radius 3 is 2.81 bits per heavy atom. The molecule has 0 radical (unpaired) electrons. The fourth-order valence-electron chi connectivity index (χ4n) is 3.41. The fraction of sp³-hybridized carbons (Fsp3) is 0.538. The first-order valence-corrected chi connectivity index (χ1v) is 6.69. The third-order valence-electron chi connectivity index (χ3n) is 4.17. The normalized spacial score (nSPS) is 27.0. The molecule has 0 spiro atoms.